The van der Waals surface area contributed by atoms with Crippen LogP contribution in [0.1, 0.15) is 18.1 Å². The Hall–Kier alpha value is -0.930. The van der Waals surface area contributed by atoms with E-state index < -0.39 is 0 Å². The van der Waals surface area contributed by atoms with Gasteiger partial charge in [0.15, 0.2) is 0 Å². The molecular formula is C13H21FN2. The lowest BCUT2D eigenvalue weighted by atomic mass is 10.1. The van der Waals surface area contributed by atoms with Gasteiger partial charge < -0.3 is 10.2 Å². The first-order valence-electron chi connectivity index (χ1n) is 5.63. The van der Waals surface area contributed by atoms with Crippen LogP contribution in [0.2, 0.25) is 0 Å². The first-order valence-corrected chi connectivity index (χ1v) is 5.63. The number of rotatable bonds is 5. The molecule has 0 aliphatic heterocycles. The number of halogens is 1. The van der Waals surface area contributed by atoms with E-state index in [1.54, 1.807) is 6.07 Å². The number of benzene rings is 1. The largest absolute Gasteiger partial charge is 0.311 e. The molecule has 0 radical (unpaired) electrons. The molecule has 0 amide bonds. The zero-order valence-electron chi connectivity index (χ0n) is 10.5. The minimum atomic E-state index is -0.164. The molecule has 0 aliphatic carbocycles. The van der Waals surface area contributed by atoms with Crippen LogP contribution in [0, 0.1) is 12.7 Å². The highest BCUT2D eigenvalue weighted by Crippen LogP contribution is 2.09. The molecule has 90 valence electrons. The summed E-state index contributed by atoms with van der Waals surface area (Å²) in [6.07, 6.45) is 0. The Morgan fingerprint density at radius 1 is 1.38 bits per heavy atom. The third-order valence-electron chi connectivity index (χ3n) is 2.95. The molecule has 1 atom stereocenters. The fourth-order valence-corrected chi connectivity index (χ4v) is 1.43. The highest BCUT2D eigenvalue weighted by atomic mass is 19.1. The van der Waals surface area contributed by atoms with Crippen LogP contribution in [0.3, 0.4) is 0 Å². The molecule has 3 heteroatoms. The van der Waals surface area contributed by atoms with Gasteiger partial charge in [0.05, 0.1) is 0 Å². The molecule has 0 saturated heterocycles. The smallest absolute Gasteiger partial charge is 0.123 e. The van der Waals surface area contributed by atoms with E-state index in [0.29, 0.717) is 6.04 Å². The Morgan fingerprint density at radius 3 is 2.69 bits per heavy atom. The van der Waals surface area contributed by atoms with Gasteiger partial charge in [0.1, 0.15) is 5.82 Å². The van der Waals surface area contributed by atoms with Crippen LogP contribution in [0.15, 0.2) is 18.2 Å². The molecule has 1 N–H and O–H groups in total. The van der Waals surface area contributed by atoms with Crippen molar-refractivity contribution < 1.29 is 4.39 Å². The summed E-state index contributed by atoms with van der Waals surface area (Å²) >= 11 is 0. The Morgan fingerprint density at radius 2 is 2.06 bits per heavy atom. The monoisotopic (exact) mass is 224 g/mol. The molecule has 0 spiro atoms. The minimum absolute atomic E-state index is 0.164. The topological polar surface area (TPSA) is 15.3 Å². The summed E-state index contributed by atoms with van der Waals surface area (Å²) < 4.78 is 13.0. The van der Waals surface area contributed by atoms with E-state index in [-0.39, 0.29) is 5.82 Å². The van der Waals surface area contributed by atoms with Crippen LogP contribution in [-0.2, 0) is 6.54 Å². The maximum Gasteiger partial charge on any atom is 0.123 e. The highest BCUT2D eigenvalue weighted by Gasteiger charge is 2.04. The average Bonchev–Trinajstić information content (AvgIpc) is 2.22. The molecule has 1 aromatic carbocycles. The van der Waals surface area contributed by atoms with Gasteiger partial charge in [-0.15, -0.1) is 0 Å². The summed E-state index contributed by atoms with van der Waals surface area (Å²) in [7, 11) is 4.11. The van der Waals surface area contributed by atoms with Crippen molar-refractivity contribution in [2.75, 3.05) is 20.6 Å². The Kier molecular flexibility index (Phi) is 4.90. The molecular weight excluding hydrogens is 203 g/mol. The zero-order chi connectivity index (χ0) is 12.1. The average molecular weight is 224 g/mol. The number of nitrogens with zero attached hydrogens (tertiary/aromatic N) is 1. The van der Waals surface area contributed by atoms with E-state index in [4.69, 9.17) is 0 Å². The number of aryl methyl sites for hydroxylation is 1. The lowest BCUT2D eigenvalue weighted by Gasteiger charge is -2.20. The second-order valence-corrected chi connectivity index (χ2v) is 4.51. The van der Waals surface area contributed by atoms with Gasteiger partial charge in [0, 0.05) is 19.1 Å². The Labute approximate surface area is 97.5 Å². The minimum Gasteiger partial charge on any atom is -0.311 e. The molecule has 0 saturated carbocycles. The van der Waals surface area contributed by atoms with Crippen LogP contribution >= 0.6 is 0 Å². The quantitative estimate of drug-likeness (QED) is 0.824. The van der Waals surface area contributed by atoms with Crippen molar-refractivity contribution in [3.05, 3.63) is 35.1 Å². The third kappa shape index (κ3) is 3.91. The van der Waals surface area contributed by atoms with Gasteiger partial charge in [-0.3, -0.25) is 0 Å². The van der Waals surface area contributed by atoms with E-state index in [0.717, 1.165) is 24.2 Å². The normalized spacial score (nSPS) is 13.1. The summed E-state index contributed by atoms with van der Waals surface area (Å²) in [4.78, 5) is 2.16. The SMILES string of the molecule is Cc1ccc(F)cc1CNCC(C)N(C)C. The summed E-state index contributed by atoms with van der Waals surface area (Å²) in [6.45, 7) is 5.79. The van der Waals surface area contributed by atoms with Gasteiger partial charge in [0.25, 0.3) is 0 Å². The predicted octanol–water partition coefficient (Wildman–Crippen LogP) is 2.17. The van der Waals surface area contributed by atoms with Gasteiger partial charge in [-0.1, -0.05) is 6.07 Å². The van der Waals surface area contributed by atoms with Crippen molar-refractivity contribution in [1.82, 2.24) is 10.2 Å². The second-order valence-electron chi connectivity index (χ2n) is 4.51. The molecule has 0 fully saturated rings. The van der Waals surface area contributed by atoms with E-state index >= 15 is 0 Å². The summed E-state index contributed by atoms with van der Waals surface area (Å²) in [5, 5.41) is 3.34. The number of hydrogen-bond acceptors (Lipinski definition) is 2. The van der Waals surface area contributed by atoms with Crippen LogP contribution in [-0.4, -0.2) is 31.6 Å². The summed E-state index contributed by atoms with van der Waals surface area (Å²) in [5.74, 6) is -0.164. The van der Waals surface area contributed by atoms with Crippen LogP contribution in [0.5, 0.6) is 0 Å². The van der Waals surface area contributed by atoms with Gasteiger partial charge in [0.2, 0.25) is 0 Å². The first kappa shape index (κ1) is 13.1. The van der Waals surface area contributed by atoms with E-state index in [1.807, 2.05) is 13.0 Å². The van der Waals surface area contributed by atoms with Crippen molar-refractivity contribution in [3.63, 3.8) is 0 Å². The highest BCUT2D eigenvalue weighted by molar-refractivity contribution is 5.26. The fraction of sp³-hybridized carbons (Fsp3) is 0.538. The Balaban J connectivity index is 2.45. The molecule has 0 heterocycles. The number of nitrogens with one attached hydrogen (secondary N) is 1. The maximum atomic E-state index is 13.0. The first-order chi connectivity index (χ1) is 7.50. The number of likely N-dealkylation sites (N-methyl/N-ethyl adjacent to an activating group) is 1. The molecule has 2 nitrogen and oxygen atoms in total. The van der Waals surface area contributed by atoms with E-state index in [9.17, 15) is 4.39 Å². The molecule has 0 aromatic heterocycles. The number of hydrogen-bond donors (Lipinski definition) is 1. The molecule has 1 unspecified atom stereocenters. The maximum absolute atomic E-state index is 13.0. The van der Waals surface area contributed by atoms with Crippen molar-refractivity contribution in [3.8, 4) is 0 Å². The molecule has 1 aromatic rings. The fourth-order valence-electron chi connectivity index (χ4n) is 1.43. The van der Waals surface area contributed by atoms with Crippen molar-refractivity contribution >= 4 is 0 Å². The second kappa shape index (κ2) is 5.97. The molecule has 0 aliphatic rings. The van der Waals surface area contributed by atoms with E-state index in [1.165, 1.54) is 6.07 Å². The van der Waals surface area contributed by atoms with Crippen molar-refractivity contribution in [2.45, 2.75) is 26.4 Å². The predicted molar refractivity (Wildman–Crippen MR) is 66.0 cm³/mol. The van der Waals surface area contributed by atoms with Crippen molar-refractivity contribution in [2.24, 2.45) is 0 Å². The lowest BCUT2D eigenvalue weighted by molar-refractivity contribution is 0.302. The van der Waals surface area contributed by atoms with Gasteiger partial charge in [-0.05, 0) is 51.2 Å². The van der Waals surface area contributed by atoms with Crippen molar-refractivity contribution in [1.29, 1.82) is 0 Å². The standard InChI is InChI=1S/C13H21FN2/c1-10-5-6-13(14)7-12(10)9-15-8-11(2)16(3)4/h5-7,11,15H,8-9H2,1-4H3. The van der Waals surface area contributed by atoms with Gasteiger partial charge in [-0.25, -0.2) is 4.39 Å². The lowest BCUT2D eigenvalue weighted by Crippen LogP contribution is -2.35. The Bertz CT molecular complexity index is 337. The van der Waals surface area contributed by atoms with Crippen LogP contribution in [0.4, 0.5) is 4.39 Å². The third-order valence-corrected chi connectivity index (χ3v) is 2.95. The molecule has 16 heavy (non-hydrogen) atoms. The van der Waals surface area contributed by atoms with Crippen LogP contribution < -0.4 is 5.32 Å². The zero-order valence-corrected chi connectivity index (χ0v) is 10.5. The van der Waals surface area contributed by atoms with Gasteiger partial charge >= 0.3 is 0 Å². The summed E-state index contributed by atoms with van der Waals surface area (Å²) in [5.41, 5.74) is 2.16. The summed E-state index contributed by atoms with van der Waals surface area (Å²) in [6, 6.07) is 5.40. The van der Waals surface area contributed by atoms with Gasteiger partial charge in [-0.2, -0.15) is 0 Å². The van der Waals surface area contributed by atoms with Crippen LogP contribution in [0.25, 0.3) is 0 Å². The molecule has 0 bridgehead atoms. The van der Waals surface area contributed by atoms with E-state index in [2.05, 4.69) is 31.2 Å². The molecule has 1 rings (SSSR count).